The number of rotatable bonds is 6. The first-order valence-electron chi connectivity index (χ1n) is 9.19. The quantitative estimate of drug-likeness (QED) is 0.367. The summed E-state index contributed by atoms with van der Waals surface area (Å²) in [5.41, 5.74) is 0. The van der Waals surface area contributed by atoms with Crippen molar-refractivity contribution >= 4 is 36.0 Å². The Morgan fingerprint density at radius 1 is 1.24 bits per heavy atom. The normalized spacial score (nSPS) is 18.4. The predicted molar refractivity (Wildman–Crippen MR) is 112 cm³/mol. The fraction of sp³-hybridized carbons (Fsp3) is 0.882. The van der Waals surface area contributed by atoms with Crippen LogP contribution in [0.4, 0.5) is 4.79 Å². The molecule has 25 heavy (non-hydrogen) atoms. The molecule has 0 bridgehead atoms. The van der Waals surface area contributed by atoms with Gasteiger partial charge in [0, 0.05) is 58.4 Å². The Kier molecular flexibility index (Phi) is 9.84. The van der Waals surface area contributed by atoms with Crippen molar-refractivity contribution in [2.75, 3.05) is 52.9 Å². The molecule has 0 unspecified atom stereocenters. The first-order chi connectivity index (χ1) is 11.6. The molecule has 2 rings (SSSR count). The molecule has 1 aliphatic heterocycles. The summed E-state index contributed by atoms with van der Waals surface area (Å²) < 4.78 is 5.06. The lowest BCUT2D eigenvalue weighted by molar-refractivity contribution is 0.0914. The van der Waals surface area contributed by atoms with Crippen molar-refractivity contribution in [2.45, 2.75) is 45.7 Å². The summed E-state index contributed by atoms with van der Waals surface area (Å²) in [6.07, 6.45) is 2.46. The van der Waals surface area contributed by atoms with Crippen molar-refractivity contribution in [1.82, 2.24) is 20.0 Å². The summed E-state index contributed by atoms with van der Waals surface area (Å²) in [5.74, 6) is 0.929. The van der Waals surface area contributed by atoms with Crippen molar-refractivity contribution in [1.29, 1.82) is 0 Å². The van der Waals surface area contributed by atoms with E-state index in [1.807, 2.05) is 14.0 Å². The third-order valence-corrected chi connectivity index (χ3v) is 4.65. The molecule has 0 radical (unpaired) electrons. The maximum atomic E-state index is 11.8. The van der Waals surface area contributed by atoms with E-state index in [0.29, 0.717) is 25.7 Å². The van der Waals surface area contributed by atoms with Crippen LogP contribution in [0.3, 0.4) is 0 Å². The smallest absolute Gasteiger partial charge is 0.409 e. The minimum Gasteiger partial charge on any atom is -0.450 e. The van der Waals surface area contributed by atoms with Crippen LogP contribution in [-0.4, -0.2) is 91.8 Å². The Labute approximate surface area is 169 Å². The molecular weight excluding hydrogens is 433 g/mol. The number of ether oxygens (including phenoxy) is 1. The molecule has 1 N–H and O–H groups in total. The maximum Gasteiger partial charge on any atom is 0.409 e. The molecule has 2 aliphatic rings. The summed E-state index contributed by atoms with van der Waals surface area (Å²) in [6, 6.07) is 1.37. The zero-order valence-electron chi connectivity index (χ0n) is 16.0. The van der Waals surface area contributed by atoms with E-state index < -0.39 is 0 Å². The number of nitrogens with one attached hydrogen (secondary N) is 1. The summed E-state index contributed by atoms with van der Waals surface area (Å²) in [6.45, 7) is 11.7. The number of hydrogen-bond donors (Lipinski definition) is 1. The molecule has 2 fully saturated rings. The molecule has 0 atom stereocenters. The van der Waals surface area contributed by atoms with Crippen molar-refractivity contribution in [3.63, 3.8) is 0 Å². The number of piperazine rings is 1. The first kappa shape index (κ1) is 22.3. The van der Waals surface area contributed by atoms with E-state index in [-0.39, 0.29) is 30.1 Å². The second-order valence-electron chi connectivity index (χ2n) is 6.71. The lowest BCUT2D eigenvalue weighted by Gasteiger charge is -2.36. The van der Waals surface area contributed by atoms with Crippen molar-refractivity contribution in [3.8, 4) is 0 Å². The fourth-order valence-corrected chi connectivity index (χ4v) is 3.21. The van der Waals surface area contributed by atoms with E-state index in [0.717, 1.165) is 38.2 Å². The van der Waals surface area contributed by atoms with Crippen LogP contribution in [0, 0.1) is 0 Å². The van der Waals surface area contributed by atoms with Crippen LogP contribution >= 0.6 is 24.0 Å². The minimum absolute atomic E-state index is 0. The SMILES string of the molecule is CCOC(=O)N1CCN(C(=NC)NCCN(C(C)C)C2CC2)CC1.I. The number of nitrogens with zero attached hydrogens (tertiary/aromatic N) is 4. The van der Waals surface area contributed by atoms with E-state index in [1.54, 1.807) is 4.90 Å². The Bertz CT molecular complexity index is 433. The molecule has 0 aromatic rings. The number of carbonyl (C=O) groups excluding carboxylic acids is 1. The second-order valence-corrected chi connectivity index (χ2v) is 6.71. The van der Waals surface area contributed by atoms with Crippen molar-refractivity contribution < 1.29 is 9.53 Å². The number of halogens is 1. The Hall–Kier alpha value is -0.770. The van der Waals surface area contributed by atoms with Crippen molar-refractivity contribution in [3.05, 3.63) is 0 Å². The zero-order chi connectivity index (χ0) is 17.5. The van der Waals surface area contributed by atoms with Gasteiger partial charge < -0.3 is 19.9 Å². The number of carbonyl (C=O) groups is 1. The highest BCUT2D eigenvalue weighted by Crippen LogP contribution is 2.27. The molecule has 0 spiro atoms. The van der Waals surface area contributed by atoms with E-state index in [1.165, 1.54) is 12.8 Å². The molecule has 1 saturated heterocycles. The van der Waals surface area contributed by atoms with Crippen LogP contribution in [0.1, 0.15) is 33.6 Å². The van der Waals surface area contributed by atoms with Crippen LogP contribution in [0.5, 0.6) is 0 Å². The van der Waals surface area contributed by atoms with Gasteiger partial charge in [0.15, 0.2) is 5.96 Å². The molecular formula is C17H34IN5O2. The van der Waals surface area contributed by atoms with Gasteiger partial charge in [-0.05, 0) is 33.6 Å². The number of aliphatic imine (C=N–C) groups is 1. The van der Waals surface area contributed by atoms with Crippen LogP contribution < -0.4 is 5.32 Å². The van der Waals surface area contributed by atoms with Gasteiger partial charge in [-0.2, -0.15) is 0 Å². The lowest BCUT2D eigenvalue weighted by atomic mass is 10.3. The fourth-order valence-electron chi connectivity index (χ4n) is 3.21. The average molecular weight is 467 g/mol. The highest BCUT2D eigenvalue weighted by molar-refractivity contribution is 14.0. The molecule has 146 valence electrons. The summed E-state index contributed by atoms with van der Waals surface area (Å²) >= 11 is 0. The van der Waals surface area contributed by atoms with E-state index >= 15 is 0 Å². The standard InChI is InChI=1S/C17H33N5O2.HI/c1-5-24-17(23)21-12-10-20(11-13-21)16(18-4)19-8-9-22(14(2)3)15-6-7-15;/h14-15H,5-13H2,1-4H3,(H,18,19);1H. The average Bonchev–Trinajstić information content (AvgIpc) is 3.40. The Morgan fingerprint density at radius 2 is 1.84 bits per heavy atom. The van der Waals surface area contributed by atoms with Crippen LogP contribution in [0.15, 0.2) is 4.99 Å². The van der Waals surface area contributed by atoms with Gasteiger partial charge in [-0.1, -0.05) is 0 Å². The Morgan fingerprint density at radius 3 is 2.32 bits per heavy atom. The van der Waals surface area contributed by atoms with Gasteiger partial charge in [-0.25, -0.2) is 4.79 Å². The molecule has 0 aromatic heterocycles. The molecule has 1 aliphatic carbocycles. The van der Waals surface area contributed by atoms with E-state index in [9.17, 15) is 4.79 Å². The van der Waals surface area contributed by atoms with E-state index in [4.69, 9.17) is 4.74 Å². The third-order valence-electron chi connectivity index (χ3n) is 4.65. The zero-order valence-corrected chi connectivity index (χ0v) is 18.4. The molecule has 1 saturated carbocycles. The minimum atomic E-state index is -0.211. The maximum absolute atomic E-state index is 11.8. The van der Waals surface area contributed by atoms with Gasteiger partial charge in [0.2, 0.25) is 0 Å². The predicted octanol–water partition coefficient (Wildman–Crippen LogP) is 1.83. The van der Waals surface area contributed by atoms with Gasteiger partial charge in [0.05, 0.1) is 6.61 Å². The molecule has 0 aromatic carbocycles. The van der Waals surface area contributed by atoms with Gasteiger partial charge in [0.1, 0.15) is 0 Å². The summed E-state index contributed by atoms with van der Waals surface area (Å²) in [4.78, 5) is 22.7. The topological polar surface area (TPSA) is 60.4 Å². The molecule has 7 nitrogen and oxygen atoms in total. The second kappa shape index (κ2) is 11.1. The number of guanidine groups is 1. The van der Waals surface area contributed by atoms with E-state index in [2.05, 4.69) is 34.0 Å². The van der Waals surface area contributed by atoms with Gasteiger partial charge in [0.25, 0.3) is 0 Å². The van der Waals surface area contributed by atoms with Crippen molar-refractivity contribution in [2.24, 2.45) is 4.99 Å². The summed E-state index contributed by atoms with van der Waals surface area (Å²) in [5, 5.41) is 3.48. The van der Waals surface area contributed by atoms with Gasteiger partial charge in [-0.15, -0.1) is 24.0 Å². The number of hydrogen-bond acceptors (Lipinski definition) is 4. The molecule has 1 amide bonds. The van der Waals surface area contributed by atoms with Crippen LogP contribution in [0.2, 0.25) is 0 Å². The monoisotopic (exact) mass is 467 g/mol. The first-order valence-corrected chi connectivity index (χ1v) is 9.19. The van der Waals surface area contributed by atoms with Crippen LogP contribution in [-0.2, 0) is 4.74 Å². The highest BCUT2D eigenvalue weighted by atomic mass is 127. The van der Waals surface area contributed by atoms with Gasteiger partial charge in [-0.3, -0.25) is 9.89 Å². The van der Waals surface area contributed by atoms with Gasteiger partial charge >= 0.3 is 6.09 Å². The third kappa shape index (κ3) is 6.80. The molecule has 8 heteroatoms. The lowest BCUT2D eigenvalue weighted by Crippen LogP contribution is -2.54. The largest absolute Gasteiger partial charge is 0.450 e. The number of amides is 1. The van der Waals surface area contributed by atoms with Crippen LogP contribution in [0.25, 0.3) is 0 Å². The summed E-state index contributed by atoms with van der Waals surface area (Å²) in [7, 11) is 1.82. The molecule has 1 heterocycles. The Balaban J connectivity index is 0.00000312. The highest BCUT2D eigenvalue weighted by Gasteiger charge is 2.30.